The second-order valence-electron chi connectivity index (χ2n) is 6.77. The SMILES string of the molecule is CCOC(=O)[C@@H]1[C@@H](c2cccs2)C(C#N)=C(SCc2ccc(Br)cc2)N[C@]1(C)O. The van der Waals surface area contributed by atoms with Crippen molar-refractivity contribution < 1.29 is 14.6 Å². The molecule has 29 heavy (non-hydrogen) atoms. The fourth-order valence-corrected chi connectivity index (χ4v) is 5.60. The number of nitrogens with one attached hydrogen (secondary N) is 1. The van der Waals surface area contributed by atoms with Crippen molar-refractivity contribution in [3.63, 3.8) is 0 Å². The van der Waals surface area contributed by atoms with Crippen LogP contribution in [-0.2, 0) is 15.3 Å². The highest BCUT2D eigenvalue weighted by atomic mass is 79.9. The summed E-state index contributed by atoms with van der Waals surface area (Å²) in [7, 11) is 0. The number of esters is 1. The summed E-state index contributed by atoms with van der Waals surface area (Å²) in [5.74, 6) is -1.39. The number of carbonyl (C=O) groups is 1. The van der Waals surface area contributed by atoms with Crippen molar-refractivity contribution >= 4 is 45.0 Å². The van der Waals surface area contributed by atoms with Crippen LogP contribution in [0.4, 0.5) is 0 Å². The van der Waals surface area contributed by atoms with Gasteiger partial charge in [-0.3, -0.25) is 4.79 Å². The molecule has 0 radical (unpaired) electrons. The van der Waals surface area contributed by atoms with Crippen molar-refractivity contribution in [2.75, 3.05) is 6.61 Å². The van der Waals surface area contributed by atoms with Crippen LogP contribution in [0.1, 0.15) is 30.2 Å². The zero-order valence-electron chi connectivity index (χ0n) is 16.0. The van der Waals surface area contributed by atoms with Gasteiger partial charge in [-0.15, -0.1) is 23.1 Å². The molecule has 0 aliphatic carbocycles. The first kappa shape index (κ1) is 21.9. The van der Waals surface area contributed by atoms with Gasteiger partial charge in [-0.1, -0.05) is 34.1 Å². The first-order valence-corrected chi connectivity index (χ1v) is 11.7. The van der Waals surface area contributed by atoms with Crippen LogP contribution < -0.4 is 5.32 Å². The Balaban J connectivity index is 2.00. The summed E-state index contributed by atoms with van der Waals surface area (Å²) >= 11 is 6.33. The monoisotopic (exact) mass is 492 g/mol. The molecule has 1 aromatic heterocycles. The Morgan fingerprint density at radius 3 is 2.72 bits per heavy atom. The summed E-state index contributed by atoms with van der Waals surface area (Å²) in [6, 6.07) is 14.0. The maximum atomic E-state index is 12.7. The molecule has 3 rings (SSSR count). The number of benzene rings is 1. The molecule has 2 heterocycles. The lowest BCUT2D eigenvalue weighted by Gasteiger charge is -2.42. The maximum absolute atomic E-state index is 12.7. The first-order valence-electron chi connectivity index (χ1n) is 9.09. The van der Waals surface area contributed by atoms with Crippen molar-refractivity contribution in [3.8, 4) is 6.07 Å². The van der Waals surface area contributed by atoms with Gasteiger partial charge in [0.1, 0.15) is 11.6 Å². The molecule has 1 aliphatic rings. The highest BCUT2D eigenvalue weighted by molar-refractivity contribution is 9.10. The molecule has 8 heteroatoms. The number of hydrogen-bond acceptors (Lipinski definition) is 7. The van der Waals surface area contributed by atoms with Crippen molar-refractivity contribution in [2.24, 2.45) is 5.92 Å². The van der Waals surface area contributed by atoms with E-state index < -0.39 is 23.5 Å². The third-order valence-corrected chi connectivity index (χ3v) is 7.24. The average molecular weight is 493 g/mol. The first-order chi connectivity index (χ1) is 13.9. The number of hydrogen-bond donors (Lipinski definition) is 2. The van der Waals surface area contributed by atoms with Crippen molar-refractivity contribution in [1.82, 2.24) is 5.32 Å². The van der Waals surface area contributed by atoms with Crippen LogP contribution in [0.2, 0.25) is 0 Å². The van der Waals surface area contributed by atoms with Gasteiger partial charge in [-0.25, -0.2) is 0 Å². The minimum absolute atomic E-state index is 0.208. The highest BCUT2D eigenvalue weighted by Gasteiger charge is 2.51. The molecule has 0 bridgehead atoms. The Hall–Kier alpha value is -1.79. The number of thioether (sulfide) groups is 1. The summed E-state index contributed by atoms with van der Waals surface area (Å²) in [6.07, 6.45) is 0. The molecule has 2 N–H and O–H groups in total. The van der Waals surface area contributed by atoms with Gasteiger partial charge in [0, 0.05) is 21.0 Å². The van der Waals surface area contributed by atoms with Gasteiger partial charge in [-0.05, 0) is 43.0 Å². The third-order valence-electron chi connectivity index (χ3n) is 4.67. The molecule has 0 amide bonds. The fourth-order valence-electron chi connectivity index (χ4n) is 3.35. The Kier molecular flexibility index (Phi) is 7.06. The molecule has 152 valence electrons. The molecule has 0 unspecified atom stereocenters. The number of carbonyl (C=O) groups excluding carboxylic acids is 1. The zero-order chi connectivity index (χ0) is 21.0. The van der Waals surface area contributed by atoms with E-state index in [0.717, 1.165) is 14.9 Å². The lowest BCUT2D eigenvalue weighted by Crippen LogP contribution is -2.56. The van der Waals surface area contributed by atoms with E-state index in [0.29, 0.717) is 16.4 Å². The van der Waals surface area contributed by atoms with Gasteiger partial charge in [-0.2, -0.15) is 5.26 Å². The molecule has 0 saturated heterocycles. The zero-order valence-corrected chi connectivity index (χ0v) is 19.2. The number of nitriles is 1. The number of halogens is 1. The topological polar surface area (TPSA) is 82.4 Å². The van der Waals surface area contributed by atoms with E-state index >= 15 is 0 Å². The van der Waals surface area contributed by atoms with E-state index in [2.05, 4.69) is 27.3 Å². The van der Waals surface area contributed by atoms with Crippen molar-refractivity contribution in [3.05, 3.63) is 67.3 Å². The predicted molar refractivity (Wildman–Crippen MR) is 119 cm³/mol. The van der Waals surface area contributed by atoms with E-state index in [1.807, 2.05) is 41.8 Å². The Morgan fingerprint density at radius 1 is 1.41 bits per heavy atom. The Bertz CT molecular complexity index is 934. The largest absolute Gasteiger partial charge is 0.466 e. The van der Waals surface area contributed by atoms with E-state index in [1.165, 1.54) is 23.1 Å². The summed E-state index contributed by atoms with van der Waals surface area (Å²) in [5.41, 5.74) is -0.0210. The van der Waals surface area contributed by atoms with Crippen molar-refractivity contribution in [2.45, 2.75) is 31.2 Å². The molecule has 0 saturated carbocycles. The van der Waals surface area contributed by atoms with Crippen LogP contribution >= 0.6 is 39.0 Å². The standard InChI is InChI=1S/C21H21BrN2O3S2/c1-3-27-20(25)18-17(16-5-4-10-28-16)15(11-23)19(24-21(18,2)26)29-12-13-6-8-14(22)9-7-13/h4-10,17-18,24,26H,3,12H2,1-2H3/t17-,18+,21-/m1/s1. The minimum Gasteiger partial charge on any atom is -0.466 e. The van der Waals surface area contributed by atoms with Gasteiger partial charge in [0.25, 0.3) is 0 Å². The van der Waals surface area contributed by atoms with Crippen LogP contribution in [0.15, 0.2) is 56.9 Å². The second-order valence-corrected chi connectivity index (χ2v) is 9.65. The molecular formula is C21H21BrN2O3S2. The Morgan fingerprint density at radius 2 is 2.14 bits per heavy atom. The Labute approximate surface area is 186 Å². The summed E-state index contributed by atoms with van der Waals surface area (Å²) in [4.78, 5) is 13.6. The molecule has 1 aromatic carbocycles. The normalized spacial score (nSPS) is 24.0. The number of allylic oxidation sites excluding steroid dienone is 1. The third kappa shape index (κ3) is 4.86. The number of rotatable bonds is 6. The van der Waals surface area contributed by atoms with E-state index in [4.69, 9.17) is 4.74 Å². The number of ether oxygens (including phenoxy) is 1. The van der Waals surface area contributed by atoms with Crippen LogP contribution in [0.5, 0.6) is 0 Å². The lowest BCUT2D eigenvalue weighted by atomic mass is 9.76. The van der Waals surface area contributed by atoms with Crippen LogP contribution in [-0.4, -0.2) is 23.4 Å². The van der Waals surface area contributed by atoms with E-state index in [9.17, 15) is 15.2 Å². The smallest absolute Gasteiger partial charge is 0.314 e. The summed E-state index contributed by atoms with van der Waals surface area (Å²) < 4.78 is 6.23. The predicted octanol–water partition coefficient (Wildman–Crippen LogP) is 4.75. The molecule has 5 nitrogen and oxygen atoms in total. The molecule has 3 atom stereocenters. The van der Waals surface area contributed by atoms with Crippen LogP contribution in [0.3, 0.4) is 0 Å². The number of nitrogens with zero attached hydrogens (tertiary/aromatic N) is 1. The van der Waals surface area contributed by atoms with Crippen molar-refractivity contribution in [1.29, 1.82) is 5.26 Å². The average Bonchev–Trinajstić information content (AvgIpc) is 3.21. The van der Waals surface area contributed by atoms with E-state index in [-0.39, 0.29) is 6.61 Å². The van der Waals surface area contributed by atoms with Gasteiger partial charge >= 0.3 is 5.97 Å². The van der Waals surface area contributed by atoms with Crippen LogP contribution in [0, 0.1) is 17.2 Å². The van der Waals surface area contributed by atoms with Gasteiger partial charge in [0.2, 0.25) is 0 Å². The van der Waals surface area contributed by atoms with Gasteiger partial charge < -0.3 is 15.2 Å². The second kappa shape index (κ2) is 9.35. The molecule has 2 aromatic rings. The number of aliphatic hydroxyl groups is 1. The fraction of sp³-hybridized carbons (Fsp3) is 0.333. The van der Waals surface area contributed by atoms with Gasteiger partial charge in [0.05, 0.1) is 23.3 Å². The quantitative estimate of drug-likeness (QED) is 0.565. The summed E-state index contributed by atoms with van der Waals surface area (Å²) in [6.45, 7) is 3.49. The molecule has 0 fully saturated rings. The highest BCUT2D eigenvalue weighted by Crippen LogP contribution is 2.46. The molecular weight excluding hydrogens is 472 g/mol. The number of thiophene rings is 1. The maximum Gasteiger partial charge on any atom is 0.314 e. The molecule has 1 aliphatic heterocycles. The lowest BCUT2D eigenvalue weighted by molar-refractivity contribution is -0.160. The minimum atomic E-state index is -1.55. The molecule has 0 spiro atoms. The van der Waals surface area contributed by atoms with E-state index in [1.54, 1.807) is 13.8 Å². The van der Waals surface area contributed by atoms with Gasteiger partial charge in [0.15, 0.2) is 0 Å². The summed E-state index contributed by atoms with van der Waals surface area (Å²) in [5, 5.41) is 26.6. The van der Waals surface area contributed by atoms with Crippen LogP contribution in [0.25, 0.3) is 0 Å².